The van der Waals surface area contributed by atoms with Crippen molar-refractivity contribution in [1.82, 2.24) is 9.78 Å². The topological polar surface area (TPSA) is 17.8 Å². The van der Waals surface area contributed by atoms with Crippen molar-refractivity contribution >= 4 is 27.7 Å². The van der Waals surface area contributed by atoms with Gasteiger partial charge in [-0.15, -0.1) is 0 Å². The minimum absolute atomic E-state index is 0.957. The Morgan fingerprint density at radius 1 is 1.36 bits per heavy atom. The molecule has 0 aliphatic heterocycles. The van der Waals surface area contributed by atoms with Gasteiger partial charge in [-0.25, -0.2) is 0 Å². The summed E-state index contributed by atoms with van der Waals surface area (Å²) in [5, 5.41) is 4.56. The summed E-state index contributed by atoms with van der Waals surface area (Å²) in [6.07, 6.45) is 0.997. The first-order chi connectivity index (χ1) is 6.74. The third kappa shape index (κ3) is 2.54. The molecule has 0 atom stereocenters. The van der Waals surface area contributed by atoms with Crippen molar-refractivity contribution in [2.24, 2.45) is 0 Å². The Morgan fingerprint density at radius 2 is 2.07 bits per heavy atom. The normalized spacial score (nSPS) is 10.9. The van der Waals surface area contributed by atoms with Gasteiger partial charge in [0, 0.05) is 12.3 Å². The number of aromatic nitrogens is 2. The second-order valence-electron chi connectivity index (χ2n) is 3.01. The van der Waals surface area contributed by atoms with E-state index in [4.69, 9.17) is 0 Å². The molecule has 0 N–H and O–H groups in total. The third-order valence-electron chi connectivity index (χ3n) is 2.14. The average Bonchev–Trinajstić information content (AvgIpc) is 2.52. The lowest BCUT2D eigenvalue weighted by Gasteiger charge is -2.03. The van der Waals surface area contributed by atoms with Gasteiger partial charge in [-0.2, -0.15) is 16.9 Å². The van der Waals surface area contributed by atoms with Crippen LogP contribution in [0.1, 0.15) is 32.2 Å². The maximum absolute atomic E-state index is 4.56. The molecule has 0 aliphatic rings. The van der Waals surface area contributed by atoms with Gasteiger partial charge in [0.15, 0.2) is 0 Å². The van der Waals surface area contributed by atoms with E-state index in [1.165, 1.54) is 15.9 Å². The number of thioether (sulfide) groups is 1. The van der Waals surface area contributed by atoms with E-state index in [-0.39, 0.29) is 0 Å². The molecule has 0 saturated heterocycles. The fraction of sp³-hybridized carbons (Fsp3) is 0.700. The lowest BCUT2D eigenvalue weighted by molar-refractivity contribution is 0.627. The second kappa shape index (κ2) is 5.81. The molecular weight excluding hydrogens is 260 g/mol. The van der Waals surface area contributed by atoms with Crippen LogP contribution in [0.2, 0.25) is 0 Å². The van der Waals surface area contributed by atoms with Crippen LogP contribution in [0.5, 0.6) is 0 Å². The van der Waals surface area contributed by atoms with Crippen molar-refractivity contribution in [2.45, 2.75) is 39.5 Å². The molecule has 1 aromatic heterocycles. The lowest BCUT2D eigenvalue weighted by atomic mass is 10.3. The first kappa shape index (κ1) is 12.1. The van der Waals surface area contributed by atoms with Gasteiger partial charge in [-0.3, -0.25) is 4.68 Å². The van der Waals surface area contributed by atoms with Crippen molar-refractivity contribution in [1.29, 1.82) is 0 Å². The van der Waals surface area contributed by atoms with Crippen LogP contribution in [-0.2, 0) is 18.7 Å². The Bertz CT molecular complexity index is 297. The number of hydrogen-bond donors (Lipinski definition) is 0. The number of aryl methyl sites for hydroxylation is 2. The summed E-state index contributed by atoms with van der Waals surface area (Å²) in [4.78, 5) is 0. The van der Waals surface area contributed by atoms with Crippen molar-refractivity contribution in [2.75, 3.05) is 5.75 Å². The first-order valence-corrected chi connectivity index (χ1v) is 7.01. The summed E-state index contributed by atoms with van der Waals surface area (Å²) in [5.41, 5.74) is 2.51. The van der Waals surface area contributed by atoms with E-state index < -0.39 is 0 Å². The molecule has 0 saturated carbocycles. The van der Waals surface area contributed by atoms with Crippen LogP contribution < -0.4 is 0 Å². The van der Waals surface area contributed by atoms with Crippen LogP contribution in [-0.4, -0.2) is 15.5 Å². The molecule has 0 aromatic carbocycles. The van der Waals surface area contributed by atoms with Crippen LogP contribution in [0.3, 0.4) is 0 Å². The number of nitrogens with zero attached hydrogens (tertiary/aromatic N) is 2. The summed E-state index contributed by atoms with van der Waals surface area (Å²) in [6, 6.07) is 0. The number of rotatable bonds is 5. The average molecular weight is 277 g/mol. The van der Waals surface area contributed by atoms with Gasteiger partial charge in [0.25, 0.3) is 0 Å². The van der Waals surface area contributed by atoms with Gasteiger partial charge >= 0.3 is 0 Å². The van der Waals surface area contributed by atoms with E-state index in [2.05, 4.69) is 46.5 Å². The standard InChI is InChI=1S/C10H17BrN2S/c1-4-8-10(11)9(7-14-6-3)13(5-2)12-8/h4-7H2,1-3H3. The van der Waals surface area contributed by atoms with Crippen molar-refractivity contribution in [3.8, 4) is 0 Å². The molecular formula is C10H17BrN2S. The Labute approximate surface area is 98.6 Å². The van der Waals surface area contributed by atoms with E-state index in [1.54, 1.807) is 0 Å². The Morgan fingerprint density at radius 3 is 2.57 bits per heavy atom. The molecule has 0 unspecified atom stereocenters. The summed E-state index contributed by atoms with van der Waals surface area (Å²) in [6.45, 7) is 7.42. The molecule has 4 heteroatoms. The molecule has 2 nitrogen and oxygen atoms in total. The molecule has 1 rings (SSSR count). The molecule has 0 spiro atoms. The first-order valence-electron chi connectivity index (χ1n) is 5.06. The molecule has 0 aliphatic carbocycles. The largest absolute Gasteiger partial charge is 0.268 e. The lowest BCUT2D eigenvalue weighted by Crippen LogP contribution is -2.01. The molecule has 14 heavy (non-hydrogen) atoms. The van der Waals surface area contributed by atoms with Gasteiger partial charge < -0.3 is 0 Å². The van der Waals surface area contributed by atoms with Crippen LogP contribution in [0.25, 0.3) is 0 Å². The van der Waals surface area contributed by atoms with Gasteiger partial charge in [0.05, 0.1) is 15.9 Å². The highest BCUT2D eigenvalue weighted by atomic mass is 79.9. The second-order valence-corrected chi connectivity index (χ2v) is 5.08. The van der Waals surface area contributed by atoms with E-state index in [0.29, 0.717) is 0 Å². The minimum Gasteiger partial charge on any atom is -0.268 e. The van der Waals surface area contributed by atoms with Crippen LogP contribution >= 0.6 is 27.7 Å². The molecule has 0 radical (unpaired) electrons. The van der Waals surface area contributed by atoms with Gasteiger partial charge in [0.1, 0.15) is 0 Å². The summed E-state index contributed by atoms with van der Waals surface area (Å²) in [7, 11) is 0. The predicted molar refractivity (Wildman–Crippen MR) is 66.8 cm³/mol. The fourth-order valence-corrected chi connectivity index (χ4v) is 2.93. The Balaban J connectivity index is 2.92. The van der Waals surface area contributed by atoms with E-state index in [1.807, 2.05) is 11.8 Å². The highest BCUT2D eigenvalue weighted by Crippen LogP contribution is 2.25. The van der Waals surface area contributed by atoms with E-state index >= 15 is 0 Å². The molecule has 80 valence electrons. The summed E-state index contributed by atoms with van der Waals surface area (Å²) >= 11 is 5.57. The minimum atomic E-state index is 0.957. The zero-order valence-corrected chi connectivity index (χ0v) is 11.4. The molecule has 0 bridgehead atoms. The van der Waals surface area contributed by atoms with Crippen LogP contribution in [0.4, 0.5) is 0 Å². The summed E-state index contributed by atoms with van der Waals surface area (Å²) < 4.78 is 3.31. The molecule has 0 fully saturated rings. The Hall–Kier alpha value is 0.0400. The van der Waals surface area contributed by atoms with Crippen LogP contribution in [0.15, 0.2) is 4.47 Å². The van der Waals surface area contributed by atoms with E-state index in [9.17, 15) is 0 Å². The highest BCUT2D eigenvalue weighted by molar-refractivity contribution is 9.10. The van der Waals surface area contributed by atoms with Gasteiger partial charge in [0.2, 0.25) is 0 Å². The maximum Gasteiger partial charge on any atom is 0.0767 e. The van der Waals surface area contributed by atoms with Gasteiger partial charge in [-0.05, 0) is 35.0 Å². The quantitative estimate of drug-likeness (QED) is 0.820. The smallest absolute Gasteiger partial charge is 0.0767 e. The van der Waals surface area contributed by atoms with E-state index in [0.717, 1.165) is 24.5 Å². The predicted octanol–water partition coefficient (Wildman–Crippen LogP) is 3.48. The fourth-order valence-electron chi connectivity index (χ4n) is 1.35. The Kier molecular flexibility index (Phi) is 5.02. The third-order valence-corrected chi connectivity index (χ3v) is 3.94. The number of hydrogen-bond acceptors (Lipinski definition) is 2. The highest BCUT2D eigenvalue weighted by Gasteiger charge is 2.12. The van der Waals surface area contributed by atoms with Crippen LogP contribution in [0, 0.1) is 0 Å². The molecule has 0 amide bonds. The zero-order valence-electron chi connectivity index (χ0n) is 9.01. The summed E-state index contributed by atoms with van der Waals surface area (Å²) in [5.74, 6) is 2.21. The molecule has 1 heterocycles. The maximum atomic E-state index is 4.56. The van der Waals surface area contributed by atoms with Crippen molar-refractivity contribution in [3.05, 3.63) is 15.9 Å². The van der Waals surface area contributed by atoms with Gasteiger partial charge in [-0.1, -0.05) is 13.8 Å². The number of halogens is 1. The van der Waals surface area contributed by atoms with Crippen molar-refractivity contribution in [3.63, 3.8) is 0 Å². The zero-order chi connectivity index (χ0) is 10.6. The molecule has 1 aromatic rings. The SMILES string of the molecule is CCSCc1c(Br)c(CC)nn1CC. The van der Waals surface area contributed by atoms with Crippen molar-refractivity contribution < 1.29 is 0 Å². The monoisotopic (exact) mass is 276 g/mol.